The van der Waals surface area contributed by atoms with Gasteiger partial charge in [0, 0.05) is 17.3 Å². The molecule has 4 heteroatoms. The summed E-state index contributed by atoms with van der Waals surface area (Å²) in [5.74, 6) is 0.700. The van der Waals surface area contributed by atoms with Gasteiger partial charge in [-0.3, -0.25) is 0 Å². The first-order chi connectivity index (χ1) is 10.2. The van der Waals surface area contributed by atoms with Gasteiger partial charge in [0.05, 0.1) is 0 Å². The number of hydrogen-bond acceptors (Lipinski definition) is 3. The highest BCUT2D eigenvalue weighted by Gasteiger charge is 2.05. The highest BCUT2D eigenvalue weighted by molar-refractivity contribution is 6.30. The van der Waals surface area contributed by atoms with Crippen LogP contribution in [0.5, 0.6) is 5.75 Å². The number of aryl methyl sites for hydroxylation is 1. The van der Waals surface area contributed by atoms with E-state index >= 15 is 0 Å². The Morgan fingerprint density at radius 3 is 2.67 bits per heavy atom. The molecule has 0 spiro atoms. The predicted octanol–water partition coefficient (Wildman–Crippen LogP) is 3.75. The lowest BCUT2D eigenvalue weighted by atomic mass is 10.1. The average Bonchev–Trinajstić information content (AvgIpc) is 2.52. The van der Waals surface area contributed by atoms with Crippen molar-refractivity contribution in [3.8, 4) is 5.75 Å². The van der Waals surface area contributed by atoms with E-state index in [1.54, 1.807) is 24.3 Å². The largest absolute Gasteiger partial charge is 0.491 e. The van der Waals surface area contributed by atoms with Gasteiger partial charge >= 0.3 is 0 Å². The minimum atomic E-state index is -0.578. The molecule has 0 aliphatic rings. The van der Waals surface area contributed by atoms with Crippen LogP contribution in [0.2, 0.25) is 5.02 Å². The van der Waals surface area contributed by atoms with Crippen molar-refractivity contribution in [3.05, 3.63) is 59.1 Å². The van der Waals surface area contributed by atoms with Gasteiger partial charge in [-0.1, -0.05) is 30.7 Å². The van der Waals surface area contributed by atoms with Gasteiger partial charge < -0.3 is 15.2 Å². The van der Waals surface area contributed by atoms with E-state index in [0.29, 0.717) is 17.3 Å². The summed E-state index contributed by atoms with van der Waals surface area (Å²) in [6, 6.07) is 15.3. The fraction of sp³-hybridized carbons (Fsp3) is 0.294. The van der Waals surface area contributed by atoms with E-state index in [-0.39, 0.29) is 6.61 Å². The van der Waals surface area contributed by atoms with Crippen LogP contribution in [-0.4, -0.2) is 24.4 Å². The van der Waals surface area contributed by atoms with Gasteiger partial charge in [0.2, 0.25) is 0 Å². The Kier molecular flexibility index (Phi) is 5.90. The lowest BCUT2D eigenvalue weighted by Gasteiger charge is -2.14. The van der Waals surface area contributed by atoms with Crippen LogP contribution in [0.1, 0.15) is 12.5 Å². The van der Waals surface area contributed by atoms with Crippen molar-refractivity contribution in [2.45, 2.75) is 19.4 Å². The van der Waals surface area contributed by atoms with E-state index in [9.17, 15) is 5.11 Å². The Morgan fingerprint density at radius 1 is 1.19 bits per heavy atom. The molecule has 0 amide bonds. The van der Waals surface area contributed by atoms with Gasteiger partial charge in [-0.2, -0.15) is 0 Å². The fourth-order valence-corrected chi connectivity index (χ4v) is 2.05. The zero-order chi connectivity index (χ0) is 15.1. The molecule has 2 rings (SSSR count). The summed E-state index contributed by atoms with van der Waals surface area (Å²) in [4.78, 5) is 0. The SMILES string of the molecule is CCc1cccc(NCC(O)COc2ccc(Cl)cc2)c1. The van der Waals surface area contributed by atoms with Crippen LogP contribution in [0.4, 0.5) is 5.69 Å². The lowest BCUT2D eigenvalue weighted by Crippen LogP contribution is -2.26. The maximum absolute atomic E-state index is 9.94. The molecule has 0 fully saturated rings. The third-order valence-electron chi connectivity index (χ3n) is 3.13. The van der Waals surface area contributed by atoms with Gasteiger partial charge in [0.25, 0.3) is 0 Å². The molecule has 1 unspecified atom stereocenters. The summed E-state index contributed by atoms with van der Waals surface area (Å²) < 4.78 is 5.51. The van der Waals surface area contributed by atoms with Gasteiger partial charge in [-0.15, -0.1) is 0 Å². The third-order valence-corrected chi connectivity index (χ3v) is 3.39. The van der Waals surface area contributed by atoms with Crippen LogP contribution in [0.3, 0.4) is 0 Å². The molecule has 0 saturated carbocycles. The molecule has 2 aromatic rings. The van der Waals surface area contributed by atoms with Crippen molar-refractivity contribution in [2.75, 3.05) is 18.5 Å². The second-order valence-electron chi connectivity index (χ2n) is 4.85. The molecule has 2 aromatic carbocycles. The summed E-state index contributed by atoms with van der Waals surface area (Å²) in [7, 11) is 0. The quantitative estimate of drug-likeness (QED) is 0.818. The van der Waals surface area contributed by atoms with Crippen LogP contribution >= 0.6 is 11.6 Å². The molecule has 0 aromatic heterocycles. The topological polar surface area (TPSA) is 41.5 Å². The van der Waals surface area contributed by atoms with Crippen LogP contribution < -0.4 is 10.1 Å². The van der Waals surface area contributed by atoms with E-state index in [1.165, 1.54) is 5.56 Å². The first kappa shape index (κ1) is 15.7. The Bertz CT molecular complexity index is 557. The first-order valence-electron chi connectivity index (χ1n) is 7.06. The number of aliphatic hydroxyl groups is 1. The highest BCUT2D eigenvalue weighted by Crippen LogP contribution is 2.16. The number of ether oxygens (including phenoxy) is 1. The Balaban J connectivity index is 1.76. The zero-order valence-electron chi connectivity index (χ0n) is 12.1. The number of aliphatic hydroxyl groups excluding tert-OH is 1. The monoisotopic (exact) mass is 305 g/mol. The Labute approximate surface area is 130 Å². The van der Waals surface area contributed by atoms with E-state index in [1.807, 2.05) is 12.1 Å². The van der Waals surface area contributed by atoms with Gasteiger partial charge in [0.15, 0.2) is 0 Å². The van der Waals surface area contributed by atoms with E-state index in [0.717, 1.165) is 12.1 Å². The number of benzene rings is 2. The smallest absolute Gasteiger partial charge is 0.119 e. The van der Waals surface area contributed by atoms with Crippen molar-refractivity contribution >= 4 is 17.3 Å². The summed E-state index contributed by atoms with van der Waals surface area (Å²) >= 11 is 5.80. The van der Waals surface area contributed by atoms with Crippen molar-refractivity contribution in [2.24, 2.45) is 0 Å². The van der Waals surface area contributed by atoms with Crippen molar-refractivity contribution in [3.63, 3.8) is 0 Å². The maximum atomic E-state index is 9.94. The minimum absolute atomic E-state index is 0.238. The molecular weight excluding hydrogens is 286 g/mol. The number of anilines is 1. The van der Waals surface area contributed by atoms with Gasteiger partial charge in [-0.05, 0) is 48.4 Å². The van der Waals surface area contributed by atoms with E-state index in [2.05, 4.69) is 24.4 Å². The molecule has 2 N–H and O–H groups in total. The maximum Gasteiger partial charge on any atom is 0.119 e. The molecule has 0 aliphatic carbocycles. The summed E-state index contributed by atoms with van der Waals surface area (Å²) in [6.07, 6.45) is 0.420. The summed E-state index contributed by atoms with van der Waals surface area (Å²) in [6.45, 7) is 2.80. The number of halogens is 1. The normalized spacial score (nSPS) is 12.0. The number of hydrogen-bond donors (Lipinski definition) is 2. The average molecular weight is 306 g/mol. The molecule has 3 nitrogen and oxygen atoms in total. The fourth-order valence-electron chi connectivity index (χ4n) is 1.92. The molecule has 0 heterocycles. The molecule has 0 aliphatic heterocycles. The highest BCUT2D eigenvalue weighted by atomic mass is 35.5. The van der Waals surface area contributed by atoms with Crippen molar-refractivity contribution < 1.29 is 9.84 Å². The molecule has 0 saturated heterocycles. The Hall–Kier alpha value is -1.71. The predicted molar refractivity (Wildman–Crippen MR) is 87.3 cm³/mol. The molecule has 0 bridgehead atoms. The summed E-state index contributed by atoms with van der Waals surface area (Å²) in [5.41, 5.74) is 2.28. The van der Waals surface area contributed by atoms with E-state index in [4.69, 9.17) is 16.3 Å². The molecule has 1 atom stereocenters. The van der Waals surface area contributed by atoms with E-state index < -0.39 is 6.10 Å². The minimum Gasteiger partial charge on any atom is -0.491 e. The standard InChI is InChI=1S/C17H20ClNO2/c1-2-13-4-3-5-15(10-13)19-11-16(20)12-21-17-8-6-14(18)7-9-17/h3-10,16,19-20H,2,11-12H2,1H3. The van der Waals surface area contributed by atoms with Crippen LogP contribution in [0.15, 0.2) is 48.5 Å². The van der Waals surface area contributed by atoms with Crippen LogP contribution in [0.25, 0.3) is 0 Å². The molecular formula is C17H20ClNO2. The van der Waals surface area contributed by atoms with Gasteiger partial charge in [0.1, 0.15) is 18.5 Å². The van der Waals surface area contributed by atoms with Crippen LogP contribution in [-0.2, 0) is 6.42 Å². The molecule has 112 valence electrons. The molecule has 21 heavy (non-hydrogen) atoms. The van der Waals surface area contributed by atoms with Crippen molar-refractivity contribution in [1.29, 1.82) is 0 Å². The first-order valence-corrected chi connectivity index (χ1v) is 7.44. The second kappa shape index (κ2) is 7.91. The number of rotatable bonds is 7. The lowest BCUT2D eigenvalue weighted by molar-refractivity contribution is 0.117. The Morgan fingerprint density at radius 2 is 1.95 bits per heavy atom. The number of nitrogens with one attached hydrogen (secondary N) is 1. The third kappa shape index (κ3) is 5.29. The summed E-state index contributed by atoms with van der Waals surface area (Å²) in [5, 5.41) is 13.8. The molecule has 0 radical (unpaired) electrons. The zero-order valence-corrected chi connectivity index (χ0v) is 12.8. The van der Waals surface area contributed by atoms with Crippen molar-refractivity contribution in [1.82, 2.24) is 0 Å². The van der Waals surface area contributed by atoms with Gasteiger partial charge in [-0.25, -0.2) is 0 Å². The van der Waals surface area contributed by atoms with Crippen LogP contribution in [0, 0.1) is 0 Å². The second-order valence-corrected chi connectivity index (χ2v) is 5.29.